The minimum Gasteiger partial charge on any atom is -0.365 e. The van der Waals surface area contributed by atoms with E-state index in [1.54, 1.807) is 0 Å². The summed E-state index contributed by atoms with van der Waals surface area (Å²) in [5, 5.41) is 0. The highest BCUT2D eigenvalue weighted by atomic mass is 16.5. The number of terminal acetylenes is 1. The van der Waals surface area contributed by atoms with E-state index in [1.165, 1.54) is 29.5 Å². The van der Waals surface area contributed by atoms with E-state index >= 15 is 0 Å². The van der Waals surface area contributed by atoms with Crippen LogP contribution in [-0.4, -0.2) is 29.6 Å². The molecular formula is C26H31NO. The number of hydrogen-bond acceptors (Lipinski definition) is 2. The second-order valence-electron chi connectivity index (χ2n) is 8.57. The maximum Gasteiger partial charge on any atom is 0.108 e. The molecule has 0 radical (unpaired) electrons. The second kappa shape index (κ2) is 8.52. The molecule has 0 N–H and O–H groups in total. The molecular weight excluding hydrogens is 342 g/mol. The van der Waals surface area contributed by atoms with Gasteiger partial charge in [0.25, 0.3) is 0 Å². The standard InChI is InChI=1S/C26H31NO/c1-4-16-27-21-14-15-22(27)18-23(17-21)28-26(20-10-6-5-7-11-20)25-13-9-8-12-24(25)19(2)3/h1,5-13,19,21-23,26H,14-18H2,2-3H3/t21-,22+,23?,26?. The predicted molar refractivity (Wildman–Crippen MR) is 115 cm³/mol. The molecule has 0 aromatic heterocycles. The molecule has 2 unspecified atom stereocenters. The van der Waals surface area contributed by atoms with Crippen LogP contribution in [0.4, 0.5) is 0 Å². The van der Waals surface area contributed by atoms with Crippen molar-refractivity contribution >= 4 is 0 Å². The monoisotopic (exact) mass is 373 g/mol. The SMILES string of the molecule is C#CCN1[C@@H]2CC[C@H]1CC(OC(c1ccccc1)c1ccccc1C(C)C)C2. The van der Waals surface area contributed by atoms with Crippen molar-refractivity contribution in [3.63, 3.8) is 0 Å². The van der Waals surface area contributed by atoms with Gasteiger partial charge in [-0.1, -0.05) is 74.4 Å². The Morgan fingerprint density at radius 2 is 1.57 bits per heavy atom. The summed E-state index contributed by atoms with van der Waals surface area (Å²) < 4.78 is 6.88. The van der Waals surface area contributed by atoms with Crippen molar-refractivity contribution in [3.8, 4) is 12.3 Å². The van der Waals surface area contributed by atoms with Crippen LogP contribution in [0.3, 0.4) is 0 Å². The third-order valence-corrected chi connectivity index (χ3v) is 6.45. The summed E-state index contributed by atoms with van der Waals surface area (Å²) in [5.74, 6) is 3.32. The van der Waals surface area contributed by atoms with Crippen LogP contribution in [0, 0.1) is 12.3 Å². The number of benzene rings is 2. The minimum absolute atomic E-state index is 0.0108. The van der Waals surface area contributed by atoms with Crippen LogP contribution in [-0.2, 0) is 4.74 Å². The van der Waals surface area contributed by atoms with Gasteiger partial charge in [-0.3, -0.25) is 4.90 Å². The highest BCUT2D eigenvalue weighted by Gasteiger charge is 2.41. The van der Waals surface area contributed by atoms with Gasteiger partial charge in [0.15, 0.2) is 0 Å². The van der Waals surface area contributed by atoms with E-state index in [9.17, 15) is 0 Å². The molecule has 2 saturated heterocycles. The summed E-state index contributed by atoms with van der Waals surface area (Å²) in [7, 11) is 0. The fourth-order valence-corrected chi connectivity index (χ4v) is 5.13. The van der Waals surface area contributed by atoms with Crippen molar-refractivity contribution < 1.29 is 4.74 Å². The summed E-state index contributed by atoms with van der Waals surface area (Å²) in [6.45, 7) is 5.30. The summed E-state index contributed by atoms with van der Waals surface area (Å²) in [5.41, 5.74) is 3.93. The van der Waals surface area contributed by atoms with Crippen LogP contribution in [0.5, 0.6) is 0 Å². The van der Waals surface area contributed by atoms with Crippen LogP contribution in [0.1, 0.15) is 68.2 Å². The van der Waals surface area contributed by atoms with Gasteiger partial charge in [0.1, 0.15) is 6.10 Å². The molecule has 2 aromatic rings. The van der Waals surface area contributed by atoms with Gasteiger partial charge in [-0.05, 0) is 48.3 Å². The van der Waals surface area contributed by atoms with E-state index in [-0.39, 0.29) is 12.2 Å². The molecule has 2 aliphatic heterocycles. The Labute approximate surface area is 169 Å². The molecule has 0 amide bonds. The first-order valence-corrected chi connectivity index (χ1v) is 10.7. The van der Waals surface area contributed by atoms with Crippen molar-refractivity contribution in [3.05, 3.63) is 71.3 Å². The lowest BCUT2D eigenvalue weighted by Gasteiger charge is -2.39. The molecule has 0 aliphatic carbocycles. The smallest absolute Gasteiger partial charge is 0.108 e. The lowest BCUT2D eigenvalue weighted by molar-refractivity contribution is -0.0456. The Morgan fingerprint density at radius 3 is 2.18 bits per heavy atom. The van der Waals surface area contributed by atoms with Crippen molar-refractivity contribution in [2.24, 2.45) is 0 Å². The molecule has 4 atom stereocenters. The van der Waals surface area contributed by atoms with Gasteiger partial charge in [-0.2, -0.15) is 0 Å². The van der Waals surface area contributed by atoms with E-state index < -0.39 is 0 Å². The Balaban J connectivity index is 1.61. The summed E-state index contributed by atoms with van der Waals surface area (Å²) in [6.07, 6.45) is 10.6. The number of nitrogens with zero attached hydrogens (tertiary/aromatic N) is 1. The zero-order valence-electron chi connectivity index (χ0n) is 17.1. The van der Waals surface area contributed by atoms with Gasteiger partial charge in [-0.25, -0.2) is 0 Å². The van der Waals surface area contributed by atoms with E-state index in [4.69, 9.17) is 11.2 Å². The molecule has 2 fully saturated rings. The third-order valence-electron chi connectivity index (χ3n) is 6.45. The quantitative estimate of drug-likeness (QED) is 0.616. The topological polar surface area (TPSA) is 12.5 Å². The molecule has 2 aliphatic rings. The minimum atomic E-state index is -0.0108. The Bertz CT molecular complexity index is 808. The van der Waals surface area contributed by atoms with Gasteiger partial charge in [0.2, 0.25) is 0 Å². The maximum atomic E-state index is 6.88. The Morgan fingerprint density at radius 1 is 0.964 bits per heavy atom. The van der Waals surface area contributed by atoms with Crippen molar-refractivity contribution in [1.82, 2.24) is 4.90 Å². The van der Waals surface area contributed by atoms with Crippen LogP contribution in [0.2, 0.25) is 0 Å². The highest BCUT2D eigenvalue weighted by Crippen LogP contribution is 2.40. The van der Waals surface area contributed by atoms with E-state index in [0.717, 1.165) is 19.4 Å². The normalized spacial score (nSPS) is 25.6. The highest BCUT2D eigenvalue weighted by molar-refractivity contribution is 5.38. The average Bonchev–Trinajstić information content (AvgIpc) is 2.95. The van der Waals surface area contributed by atoms with Crippen molar-refractivity contribution in [2.45, 2.75) is 69.7 Å². The first-order valence-electron chi connectivity index (χ1n) is 10.7. The lowest BCUT2D eigenvalue weighted by atomic mass is 9.90. The molecule has 2 aromatic carbocycles. The van der Waals surface area contributed by atoms with Gasteiger partial charge < -0.3 is 4.74 Å². The largest absolute Gasteiger partial charge is 0.365 e. The lowest BCUT2D eigenvalue weighted by Crippen LogP contribution is -2.45. The zero-order chi connectivity index (χ0) is 19.5. The van der Waals surface area contributed by atoms with Crippen LogP contribution < -0.4 is 0 Å². The molecule has 28 heavy (non-hydrogen) atoms. The average molecular weight is 374 g/mol. The molecule has 2 bridgehead atoms. The molecule has 2 heterocycles. The summed E-state index contributed by atoms with van der Waals surface area (Å²) in [4.78, 5) is 2.53. The van der Waals surface area contributed by atoms with Gasteiger partial charge in [0.05, 0.1) is 12.6 Å². The van der Waals surface area contributed by atoms with Crippen LogP contribution in [0.15, 0.2) is 54.6 Å². The van der Waals surface area contributed by atoms with Crippen LogP contribution >= 0.6 is 0 Å². The number of ether oxygens (including phenoxy) is 1. The molecule has 2 nitrogen and oxygen atoms in total. The third kappa shape index (κ3) is 3.88. The molecule has 146 valence electrons. The fraction of sp³-hybridized carbons (Fsp3) is 0.462. The van der Waals surface area contributed by atoms with E-state index in [2.05, 4.69) is 79.3 Å². The molecule has 0 spiro atoms. The summed E-state index contributed by atoms with van der Waals surface area (Å²) >= 11 is 0. The van der Waals surface area contributed by atoms with Gasteiger partial charge in [0, 0.05) is 12.1 Å². The second-order valence-corrected chi connectivity index (χ2v) is 8.57. The molecule has 0 saturated carbocycles. The van der Waals surface area contributed by atoms with E-state index in [0.29, 0.717) is 18.0 Å². The maximum absolute atomic E-state index is 6.88. The predicted octanol–water partition coefficient (Wildman–Crippen LogP) is 5.54. The number of rotatable bonds is 6. The van der Waals surface area contributed by atoms with Gasteiger partial charge >= 0.3 is 0 Å². The number of fused-ring (bicyclic) bond motifs is 2. The van der Waals surface area contributed by atoms with Crippen LogP contribution in [0.25, 0.3) is 0 Å². The molecule has 2 heteroatoms. The van der Waals surface area contributed by atoms with Crippen molar-refractivity contribution in [2.75, 3.05) is 6.54 Å². The summed E-state index contributed by atoms with van der Waals surface area (Å²) in [6, 6.07) is 20.6. The Hall–Kier alpha value is -2.08. The molecule has 4 rings (SSSR count). The number of piperidine rings is 1. The van der Waals surface area contributed by atoms with Gasteiger partial charge in [-0.15, -0.1) is 6.42 Å². The Kier molecular flexibility index (Phi) is 5.85. The zero-order valence-corrected chi connectivity index (χ0v) is 17.1. The first-order chi connectivity index (χ1) is 13.7. The van der Waals surface area contributed by atoms with Crippen molar-refractivity contribution in [1.29, 1.82) is 0 Å². The number of hydrogen-bond donors (Lipinski definition) is 0. The fourth-order valence-electron chi connectivity index (χ4n) is 5.13. The van der Waals surface area contributed by atoms with E-state index in [1.807, 2.05) is 0 Å². The first kappa shape index (κ1) is 19.2.